The van der Waals surface area contributed by atoms with E-state index in [0.717, 1.165) is 19.3 Å². The number of carboxylic acid groups (broad SMARTS) is 1. The molecule has 0 aromatic carbocycles. The highest BCUT2D eigenvalue weighted by molar-refractivity contribution is 5.79. The van der Waals surface area contributed by atoms with Crippen molar-refractivity contribution in [1.29, 1.82) is 0 Å². The van der Waals surface area contributed by atoms with Crippen molar-refractivity contribution < 1.29 is 14.7 Å². The summed E-state index contributed by atoms with van der Waals surface area (Å²) in [7, 11) is 3.45. The normalized spacial score (nSPS) is 31.6. The molecule has 1 aliphatic carbocycles. The molecule has 0 radical (unpaired) electrons. The third-order valence-electron chi connectivity index (χ3n) is 4.61. The lowest BCUT2D eigenvalue weighted by Crippen LogP contribution is -2.57. The lowest BCUT2D eigenvalue weighted by Gasteiger charge is -2.47. The zero-order valence-electron chi connectivity index (χ0n) is 11.8. The highest BCUT2D eigenvalue weighted by atomic mass is 16.4. The van der Waals surface area contributed by atoms with Gasteiger partial charge < -0.3 is 10.0 Å². The predicted molar refractivity (Wildman–Crippen MR) is 71.8 cm³/mol. The second-order valence-corrected chi connectivity index (χ2v) is 6.00. The van der Waals surface area contributed by atoms with Crippen molar-refractivity contribution in [3.8, 4) is 0 Å². The first-order valence-corrected chi connectivity index (χ1v) is 7.19. The Kier molecular flexibility index (Phi) is 4.45. The Hall–Kier alpha value is -1.10. The van der Waals surface area contributed by atoms with E-state index in [9.17, 15) is 14.7 Å². The molecule has 1 heterocycles. The van der Waals surface area contributed by atoms with Gasteiger partial charge in [0.05, 0.1) is 6.54 Å². The molecule has 19 heavy (non-hydrogen) atoms. The summed E-state index contributed by atoms with van der Waals surface area (Å²) < 4.78 is 0. The SMILES string of the molecule is CN(C)C(=O)CN1C(C(=O)O)CCC2CCCCC21. The summed E-state index contributed by atoms with van der Waals surface area (Å²) in [6, 6.07) is -0.198. The van der Waals surface area contributed by atoms with Crippen molar-refractivity contribution in [2.75, 3.05) is 20.6 Å². The lowest BCUT2D eigenvalue weighted by atomic mass is 9.76. The number of amides is 1. The van der Waals surface area contributed by atoms with E-state index >= 15 is 0 Å². The summed E-state index contributed by atoms with van der Waals surface area (Å²) in [4.78, 5) is 26.9. The fraction of sp³-hybridized carbons (Fsp3) is 0.857. The van der Waals surface area contributed by atoms with Crippen molar-refractivity contribution in [2.45, 2.75) is 50.6 Å². The maximum absolute atomic E-state index is 11.9. The molecule has 0 bridgehead atoms. The third kappa shape index (κ3) is 3.08. The van der Waals surface area contributed by atoms with Crippen LogP contribution in [0.5, 0.6) is 0 Å². The molecule has 1 saturated heterocycles. The second kappa shape index (κ2) is 5.90. The summed E-state index contributed by atoms with van der Waals surface area (Å²) in [6.45, 7) is 0.241. The van der Waals surface area contributed by atoms with Gasteiger partial charge in [-0.25, -0.2) is 0 Å². The number of carbonyl (C=O) groups is 2. The van der Waals surface area contributed by atoms with Crippen LogP contribution in [0.25, 0.3) is 0 Å². The van der Waals surface area contributed by atoms with E-state index in [4.69, 9.17) is 0 Å². The Bertz CT molecular complexity index is 357. The number of nitrogens with zero attached hydrogens (tertiary/aromatic N) is 2. The van der Waals surface area contributed by atoms with Gasteiger partial charge in [0.2, 0.25) is 5.91 Å². The van der Waals surface area contributed by atoms with Gasteiger partial charge in [0.25, 0.3) is 0 Å². The van der Waals surface area contributed by atoms with E-state index in [-0.39, 0.29) is 18.5 Å². The number of hydrogen-bond donors (Lipinski definition) is 1. The van der Waals surface area contributed by atoms with Crippen molar-refractivity contribution >= 4 is 11.9 Å². The standard InChI is InChI=1S/C14H24N2O3/c1-15(2)13(17)9-16-11-6-4-3-5-10(11)7-8-12(16)14(18)19/h10-12H,3-9H2,1-2H3,(H,18,19). The first kappa shape index (κ1) is 14.3. The van der Waals surface area contributed by atoms with Gasteiger partial charge in [0.15, 0.2) is 0 Å². The summed E-state index contributed by atoms with van der Waals surface area (Å²) in [5.41, 5.74) is 0. The van der Waals surface area contributed by atoms with Crippen molar-refractivity contribution in [3.05, 3.63) is 0 Å². The topological polar surface area (TPSA) is 60.9 Å². The highest BCUT2D eigenvalue weighted by Crippen LogP contribution is 2.37. The Morgan fingerprint density at radius 2 is 1.84 bits per heavy atom. The number of aliphatic carboxylic acids is 1. The number of likely N-dealkylation sites (N-methyl/N-ethyl adjacent to an activating group) is 1. The molecule has 1 N–H and O–H groups in total. The number of hydrogen-bond acceptors (Lipinski definition) is 3. The molecular formula is C14H24N2O3. The molecular weight excluding hydrogens is 244 g/mol. The minimum Gasteiger partial charge on any atom is -0.480 e. The Labute approximate surface area is 114 Å². The van der Waals surface area contributed by atoms with E-state index in [0.29, 0.717) is 12.3 Å². The molecule has 5 heteroatoms. The van der Waals surface area contributed by atoms with E-state index in [2.05, 4.69) is 0 Å². The van der Waals surface area contributed by atoms with Crippen LogP contribution in [0.1, 0.15) is 38.5 Å². The zero-order valence-corrected chi connectivity index (χ0v) is 11.8. The number of fused-ring (bicyclic) bond motifs is 1. The molecule has 2 fully saturated rings. The predicted octanol–water partition coefficient (Wildman–Crippen LogP) is 1.18. The van der Waals surface area contributed by atoms with Crippen molar-refractivity contribution in [3.63, 3.8) is 0 Å². The monoisotopic (exact) mass is 268 g/mol. The molecule has 2 rings (SSSR count). The maximum atomic E-state index is 11.9. The summed E-state index contributed by atoms with van der Waals surface area (Å²) in [5, 5.41) is 9.38. The van der Waals surface area contributed by atoms with Crippen molar-refractivity contribution in [2.24, 2.45) is 5.92 Å². The number of likely N-dealkylation sites (tertiary alicyclic amines) is 1. The van der Waals surface area contributed by atoms with Gasteiger partial charge in [-0.3, -0.25) is 14.5 Å². The molecule has 1 saturated carbocycles. The van der Waals surface area contributed by atoms with Crippen LogP contribution in [0, 0.1) is 5.92 Å². The van der Waals surface area contributed by atoms with Crippen LogP contribution in [-0.2, 0) is 9.59 Å². The van der Waals surface area contributed by atoms with E-state index in [1.807, 2.05) is 4.90 Å². The molecule has 5 nitrogen and oxygen atoms in total. The van der Waals surface area contributed by atoms with Crippen molar-refractivity contribution in [1.82, 2.24) is 9.80 Å². The van der Waals surface area contributed by atoms with Crippen LogP contribution in [0.15, 0.2) is 0 Å². The molecule has 2 aliphatic rings. The van der Waals surface area contributed by atoms with E-state index in [1.54, 1.807) is 19.0 Å². The zero-order chi connectivity index (χ0) is 14.0. The van der Waals surface area contributed by atoms with Gasteiger partial charge in [-0.15, -0.1) is 0 Å². The van der Waals surface area contributed by atoms with Crippen LogP contribution in [-0.4, -0.2) is 59.5 Å². The molecule has 108 valence electrons. The number of rotatable bonds is 3. The molecule has 0 spiro atoms. The molecule has 0 aromatic heterocycles. The lowest BCUT2D eigenvalue weighted by molar-refractivity contribution is -0.150. The molecule has 1 aliphatic heterocycles. The molecule has 3 atom stereocenters. The number of carboxylic acids is 1. The largest absolute Gasteiger partial charge is 0.480 e. The quantitative estimate of drug-likeness (QED) is 0.835. The van der Waals surface area contributed by atoms with Crippen LogP contribution in [0.3, 0.4) is 0 Å². The Morgan fingerprint density at radius 3 is 2.47 bits per heavy atom. The summed E-state index contributed by atoms with van der Waals surface area (Å²) >= 11 is 0. The molecule has 3 unspecified atom stereocenters. The van der Waals surface area contributed by atoms with E-state index in [1.165, 1.54) is 12.8 Å². The summed E-state index contributed by atoms with van der Waals surface area (Å²) in [5.74, 6) is -0.202. The smallest absolute Gasteiger partial charge is 0.320 e. The maximum Gasteiger partial charge on any atom is 0.320 e. The van der Waals surface area contributed by atoms with Gasteiger partial charge in [-0.2, -0.15) is 0 Å². The Balaban J connectivity index is 2.14. The minimum atomic E-state index is -0.782. The first-order chi connectivity index (χ1) is 9.00. The van der Waals surface area contributed by atoms with Gasteiger partial charge in [-0.1, -0.05) is 12.8 Å². The van der Waals surface area contributed by atoms with Crippen LogP contribution in [0.2, 0.25) is 0 Å². The minimum absolute atomic E-state index is 0.00234. The fourth-order valence-electron chi connectivity index (χ4n) is 3.52. The van der Waals surface area contributed by atoms with E-state index < -0.39 is 12.0 Å². The molecule has 1 amide bonds. The van der Waals surface area contributed by atoms with Crippen LogP contribution >= 0.6 is 0 Å². The molecule has 0 aromatic rings. The number of carbonyl (C=O) groups excluding carboxylic acids is 1. The number of piperidine rings is 1. The Morgan fingerprint density at radius 1 is 1.16 bits per heavy atom. The fourth-order valence-corrected chi connectivity index (χ4v) is 3.52. The average molecular weight is 268 g/mol. The van der Waals surface area contributed by atoms with Gasteiger partial charge >= 0.3 is 5.97 Å². The van der Waals surface area contributed by atoms with Crippen LogP contribution < -0.4 is 0 Å². The third-order valence-corrected chi connectivity index (χ3v) is 4.61. The van der Waals surface area contributed by atoms with Gasteiger partial charge in [-0.05, 0) is 31.6 Å². The summed E-state index contributed by atoms with van der Waals surface area (Å²) in [6.07, 6.45) is 6.29. The van der Waals surface area contributed by atoms with Gasteiger partial charge in [0.1, 0.15) is 6.04 Å². The second-order valence-electron chi connectivity index (χ2n) is 6.00. The van der Waals surface area contributed by atoms with Crippen LogP contribution in [0.4, 0.5) is 0 Å². The van der Waals surface area contributed by atoms with Gasteiger partial charge in [0, 0.05) is 20.1 Å². The average Bonchev–Trinajstić information content (AvgIpc) is 2.38. The first-order valence-electron chi connectivity index (χ1n) is 7.19. The highest BCUT2D eigenvalue weighted by Gasteiger charge is 2.42.